The van der Waals surface area contributed by atoms with Crippen molar-refractivity contribution in [1.82, 2.24) is 5.16 Å². The number of amides is 1. The number of methoxy groups -OCH3 is 2. The second kappa shape index (κ2) is 7.39. The van der Waals surface area contributed by atoms with Crippen LogP contribution in [-0.4, -0.2) is 30.2 Å². The van der Waals surface area contributed by atoms with E-state index in [0.717, 1.165) is 0 Å². The summed E-state index contributed by atoms with van der Waals surface area (Å²) in [6, 6.07) is 2.89. The van der Waals surface area contributed by atoms with Crippen LogP contribution < -0.4 is 14.8 Å². The minimum Gasteiger partial charge on any atom is -0.495 e. The Morgan fingerprint density at radius 3 is 2.48 bits per heavy atom. The molecule has 0 saturated heterocycles. The number of ether oxygens (including phenoxy) is 2. The number of benzene rings is 1. The lowest BCUT2D eigenvalue weighted by Crippen LogP contribution is -2.15. The summed E-state index contributed by atoms with van der Waals surface area (Å²) < 4.78 is 15.2. The molecule has 0 fully saturated rings. The first-order valence-corrected chi connectivity index (χ1v) is 7.54. The molecule has 9 nitrogen and oxygen atoms in total. The summed E-state index contributed by atoms with van der Waals surface area (Å²) in [5.74, 6) is -0.537. The van der Waals surface area contributed by atoms with Crippen molar-refractivity contribution in [3.8, 4) is 11.5 Å². The number of anilines is 1. The Balaban J connectivity index is 2.43. The molecule has 0 aliphatic rings. The van der Waals surface area contributed by atoms with E-state index in [1.54, 1.807) is 13.8 Å². The molecule has 0 radical (unpaired) electrons. The first-order valence-electron chi connectivity index (χ1n) is 7.16. The third-order valence-corrected chi connectivity index (χ3v) is 3.63. The Hall–Kier alpha value is -2.81. The highest BCUT2D eigenvalue weighted by atomic mass is 35.5. The molecule has 1 heterocycles. The molecule has 0 atom stereocenters. The zero-order chi connectivity index (χ0) is 18.7. The summed E-state index contributed by atoms with van der Waals surface area (Å²) in [5, 5.41) is 17.6. The van der Waals surface area contributed by atoms with E-state index in [0.29, 0.717) is 5.75 Å². The van der Waals surface area contributed by atoms with Gasteiger partial charge in [0.25, 0.3) is 5.91 Å². The number of carbonyl (C=O) groups excluding carboxylic acids is 1. The lowest BCUT2D eigenvalue weighted by Gasteiger charge is -2.12. The molecule has 0 aliphatic carbocycles. The predicted molar refractivity (Wildman–Crippen MR) is 89.8 cm³/mol. The molecule has 1 aromatic heterocycles. The van der Waals surface area contributed by atoms with Gasteiger partial charge in [0.1, 0.15) is 11.5 Å². The van der Waals surface area contributed by atoms with Crippen molar-refractivity contribution in [1.29, 1.82) is 0 Å². The van der Waals surface area contributed by atoms with Crippen molar-refractivity contribution in [3.63, 3.8) is 0 Å². The summed E-state index contributed by atoms with van der Waals surface area (Å²) in [7, 11) is 2.81. The van der Waals surface area contributed by atoms with Gasteiger partial charge in [0.05, 0.1) is 29.9 Å². The van der Waals surface area contributed by atoms with Crippen molar-refractivity contribution in [2.24, 2.45) is 0 Å². The Morgan fingerprint density at radius 1 is 1.32 bits per heavy atom. The predicted octanol–water partition coefficient (Wildman–Crippen LogP) is 3.63. The van der Waals surface area contributed by atoms with Crippen LogP contribution in [0.4, 0.5) is 11.4 Å². The molecule has 1 amide bonds. The third-order valence-electron chi connectivity index (χ3n) is 3.34. The van der Waals surface area contributed by atoms with E-state index in [4.69, 9.17) is 25.6 Å². The highest BCUT2D eigenvalue weighted by Gasteiger charge is 2.33. The first kappa shape index (κ1) is 18.5. The minimum atomic E-state index is -0.815. The van der Waals surface area contributed by atoms with Gasteiger partial charge in [-0.15, -0.1) is 0 Å². The monoisotopic (exact) mass is 369 g/mol. The zero-order valence-corrected chi connectivity index (χ0v) is 14.7. The molecule has 10 heteroatoms. The van der Waals surface area contributed by atoms with Crippen molar-refractivity contribution in [2.45, 2.75) is 19.8 Å². The maximum Gasteiger partial charge on any atom is 0.344 e. The van der Waals surface area contributed by atoms with E-state index in [9.17, 15) is 14.9 Å². The van der Waals surface area contributed by atoms with Crippen molar-refractivity contribution >= 4 is 28.9 Å². The van der Waals surface area contributed by atoms with Crippen LogP contribution in [0.25, 0.3) is 0 Å². The standard InChI is InChI=1S/C15H16ClN3O6/c1-7(2)14-13(19(21)22)12(18-25-14)15(20)17-9-6-10(23-3)8(16)5-11(9)24-4/h5-7H,1-4H3,(H,17,20). The van der Waals surface area contributed by atoms with Crippen LogP contribution in [-0.2, 0) is 0 Å². The molecular weight excluding hydrogens is 354 g/mol. The quantitative estimate of drug-likeness (QED) is 0.610. The Kier molecular flexibility index (Phi) is 5.48. The molecule has 1 N–H and O–H groups in total. The number of hydrogen-bond donors (Lipinski definition) is 1. The first-order chi connectivity index (χ1) is 11.8. The van der Waals surface area contributed by atoms with Gasteiger partial charge >= 0.3 is 5.69 Å². The van der Waals surface area contributed by atoms with Gasteiger partial charge in [0.15, 0.2) is 0 Å². The molecule has 0 spiro atoms. The summed E-state index contributed by atoms with van der Waals surface area (Å²) in [5.41, 5.74) is -0.672. The molecule has 2 aromatic rings. The number of carbonyl (C=O) groups is 1. The summed E-state index contributed by atoms with van der Waals surface area (Å²) >= 11 is 6.00. The fraction of sp³-hybridized carbons (Fsp3) is 0.333. The van der Waals surface area contributed by atoms with Crippen LogP contribution in [0.1, 0.15) is 36.0 Å². The summed E-state index contributed by atoms with van der Waals surface area (Å²) in [6.45, 7) is 3.39. The summed E-state index contributed by atoms with van der Waals surface area (Å²) in [4.78, 5) is 23.1. The molecule has 2 rings (SSSR count). The Bertz CT molecular complexity index is 818. The highest BCUT2D eigenvalue weighted by Crippen LogP contribution is 2.37. The second-order valence-corrected chi connectivity index (χ2v) is 5.70. The van der Waals surface area contributed by atoms with E-state index < -0.39 is 22.2 Å². The van der Waals surface area contributed by atoms with E-state index in [1.807, 2.05) is 0 Å². The number of halogens is 1. The average Bonchev–Trinajstić information content (AvgIpc) is 3.01. The molecule has 134 valence electrons. The van der Waals surface area contributed by atoms with Gasteiger partial charge in [-0.1, -0.05) is 30.6 Å². The molecule has 0 saturated carbocycles. The Labute approximate surface area is 148 Å². The van der Waals surface area contributed by atoms with Crippen molar-refractivity contribution < 1.29 is 23.7 Å². The van der Waals surface area contributed by atoms with Crippen LogP contribution in [0.15, 0.2) is 16.7 Å². The van der Waals surface area contributed by atoms with Crippen LogP contribution in [0.5, 0.6) is 11.5 Å². The van der Waals surface area contributed by atoms with Gasteiger partial charge in [-0.2, -0.15) is 0 Å². The number of hydrogen-bond acceptors (Lipinski definition) is 7. The molecular formula is C15H16ClN3O6. The molecule has 0 unspecified atom stereocenters. The van der Waals surface area contributed by atoms with Gasteiger partial charge in [0, 0.05) is 18.1 Å². The minimum absolute atomic E-state index is 0.0239. The van der Waals surface area contributed by atoms with Crippen LogP contribution in [0.2, 0.25) is 5.02 Å². The molecule has 25 heavy (non-hydrogen) atoms. The van der Waals surface area contributed by atoms with Gasteiger partial charge in [-0.05, 0) is 0 Å². The van der Waals surface area contributed by atoms with Gasteiger partial charge in [-0.3, -0.25) is 14.9 Å². The van der Waals surface area contributed by atoms with Crippen LogP contribution in [0, 0.1) is 10.1 Å². The largest absolute Gasteiger partial charge is 0.495 e. The maximum absolute atomic E-state index is 12.5. The Morgan fingerprint density at radius 2 is 1.96 bits per heavy atom. The number of rotatable bonds is 6. The zero-order valence-electron chi connectivity index (χ0n) is 14.0. The van der Waals surface area contributed by atoms with E-state index in [1.165, 1.54) is 26.4 Å². The van der Waals surface area contributed by atoms with Gasteiger partial charge < -0.3 is 19.3 Å². The van der Waals surface area contributed by atoms with Crippen molar-refractivity contribution in [2.75, 3.05) is 19.5 Å². The number of nitrogens with one attached hydrogen (secondary N) is 1. The lowest BCUT2D eigenvalue weighted by molar-refractivity contribution is -0.386. The molecule has 0 bridgehead atoms. The van der Waals surface area contributed by atoms with E-state index in [-0.39, 0.29) is 28.1 Å². The summed E-state index contributed by atoms with van der Waals surface area (Å²) in [6.07, 6.45) is 0. The van der Waals surface area contributed by atoms with Crippen LogP contribution >= 0.6 is 11.6 Å². The van der Waals surface area contributed by atoms with Gasteiger partial charge in [0.2, 0.25) is 11.5 Å². The smallest absolute Gasteiger partial charge is 0.344 e. The number of nitrogens with zero attached hydrogens (tertiary/aromatic N) is 2. The number of nitro groups is 1. The molecule has 1 aromatic carbocycles. The maximum atomic E-state index is 12.5. The van der Waals surface area contributed by atoms with Gasteiger partial charge in [-0.25, -0.2) is 0 Å². The lowest BCUT2D eigenvalue weighted by atomic mass is 10.1. The normalized spacial score (nSPS) is 10.6. The third kappa shape index (κ3) is 3.66. The fourth-order valence-electron chi connectivity index (χ4n) is 2.14. The highest BCUT2D eigenvalue weighted by molar-refractivity contribution is 6.32. The molecule has 0 aliphatic heterocycles. The SMILES string of the molecule is COc1cc(NC(=O)c2noc(C(C)C)c2[N+](=O)[O-])c(OC)cc1Cl. The average molecular weight is 370 g/mol. The fourth-order valence-corrected chi connectivity index (χ4v) is 2.37. The van der Waals surface area contributed by atoms with Crippen LogP contribution in [0.3, 0.4) is 0 Å². The van der Waals surface area contributed by atoms with E-state index in [2.05, 4.69) is 10.5 Å². The van der Waals surface area contributed by atoms with Crippen molar-refractivity contribution in [3.05, 3.63) is 38.7 Å². The second-order valence-electron chi connectivity index (χ2n) is 5.30. The topological polar surface area (TPSA) is 117 Å². The van der Waals surface area contributed by atoms with E-state index >= 15 is 0 Å². The number of aromatic nitrogens is 1.